The van der Waals surface area contributed by atoms with Crippen LogP contribution in [0.15, 0.2) is 18.2 Å². The van der Waals surface area contributed by atoms with E-state index in [1.54, 1.807) is 6.07 Å². The highest BCUT2D eigenvalue weighted by Crippen LogP contribution is 2.61. The van der Waals surface area contributed by atoms with Gasteiger partial charge >= 0.3 is 6.03 Å². The van der Waals surface area contributed by atoms with E-state index in [9.17, 15) is 9.18 Å². The Kier molecular flexibility index (Phi) is 4.43. The number of amides is 2. The van der Waals surface area contributed by atoms with Crippen molar-refractivity contribution in [3.63, 3.8) is 0 Å². The van der Waals surface area contributed by atoms with Crippen molar-refractivity contribution in [2.45, 2.75) is 57.9 Å². The molecule has 25 heavy (non-hydrogen) atoms. The van der Waals surface area contributed by atoms with E-state index in [1.807, 2.05) is 0 Å². The molecule has 1 unspecified atom stereocenters. The zero-order chi connectivity index (χ0) is 17.6. The quantitative estimate of drug-likeness (QED) is 0.717. The smallest absolute Gasteiger partial charge is 0.319 e. The number of benzene rings is 1. The lowest BCUT2D eigenvalue weighted by atomic mass is 9.47. The van der Waals surface area contributed by atoms with E-state index in [0.717, 1.165) is 24.2 Å². The zero-order valence-electron chi connectivity index (χ0n) is 14.7. The maximum Gasteiger partial charge on any atom is 0.319 e. The van der Waals surface area contributed by atoms with Gasteiger partial charge in [-0.15, -0.1) is 0 Å². The minimum atomic E-state index is -0.509. The van der Waals surface area contributed by atoms with Gasteiger partial charge in [0.1, 0.15) is 5.82 Å². The predicted octanol–water partition coefficient (Wildman–Crippen LogP) is 5.60. The normalized spacial score (nSPS) is 34.0. The molecular weight excluding hydrogens is 339 g/mol. The fourth-order valence-electron chi connectivity index (χ4n) is 6.20. The molecule has 5 heteroatoms. The van der Waals surface area contributed by atoms with Gasteiger partial charge in [-0.1, -0.05) is 18.5 Å². The molecule has 5 rings (SSSR count). The van der Waals surface area contributed by atoms with Crippen molar-refractivity contribution < 1.29 is 9.18 Å². The highest BCUT2D eigenvalue weighted by atomic mass is 35.5. The van der Waals surface area contributed by atoms with Crippen LogP contribution in [-0.4, -0.2) is 12.1 Å². The van der Waals surface area contributed by atoms with Gasteiger partial charge < -0.3 is 10.6 Å². The maximum absolute atomic E-state index is 13.9. The molecule has 136 valence electrons. The van der Waals surface area contributed by atoms with E-state index < -0.39 is 5.82 Å². The topological polar surface area (TPSA) is 41.1 Å². The van der Waals surface area contributed by atoms with Crippen LogP contribution in [0.5, 0.6) is 0 Å². The first kappa shape index (κ1) is 17.1. The maximum atomic E-state index is 13.9. The van der Waals surface area contributed by atoms with Crippen LogP contribution in [-0.2, 0) is 0 Å². The number of carbonyl (C=O) groups is 1. The molecule has 0 heterocycles. The molecule has 1 atom stereocenters. The Morgan fingerprint density at radius 3 is 2.36 bits per heavy atom. The molecule has 4 aliphatic carbocycles. The van der Waals surface area contributed by atoms with Gasteiger partial charge in [0.05, 0.1) is 5.69 Å². The van der Waals surface area contributed by atoms with Crippen molar-refractivity contribution >= 4 is 23.3 Å². The van der Waals surface area contributed by atoms with Gasteiger partial charge in [-0.05, 0) is 86.3 Å². The van der Waals surface area contributed by atoms with Crippen molar-refractivity contribution in [3.8, 4) is 0 Å². The third kappa shape index (κ3) is 3.25. The van der Waals surface area contributed by atoms with Gasteiger partial charge in [-0.25, -0.2) is 9.18 Å². The Morgan fingerprint density at radius 2 is 1.84 bits per heavy atom. The van der Waals surface area contributed by atoms with Gasteiger partial charge in [0.25, 0.3) is 0 Å². The number of anilines is 1. The van der Waals surface area contributed by atoms with Crippen LogP contribution in [0.2, 0.25) is 5.02 Å². The molecule has 4 saturated carbocycles. The fourth-order valence-corrected chi connectivity index (χ4v) is 6.36. The number of nitrogens with one attached hydrogen (secondary N) is 2. The van der Waals surface area contributed by atoms with Crippen LogP contribution < -0.4 is 10.6 Å². The lowest BCUT2D eigenvalue weighted by Gasteiger charge is -2.59. The lowest BCUT2D eigenvalue weighted by molar-refractivity contribution is -0.0719. The van der Waals surface area contributed by atoms with Crippen LogP contribution in [0.1, 0.15) is 51.9 Å². The largest absolute Gasteiger partial charge is 0.335 e. The molecule has 1 aromatic rings. The Bertz CT molecular complexity index is 642. The highest BCUT2D eigenvalue weighted by molar-refractivity contribution is 6.30. The summed E-state index contributed by atoms with van der Waals surface area (Å²) in [6.45, 7) is 2.15. The molecule has 2 N–H and O–H groups in total. The number of urea groups is 1. The van der Waals surface area contributed by atoms with E-state index in [4.69, 9.17) is 11.6 Å². The molecule has 4 aliphatic rings. The summed E-state index contributed by atoms with van der Waals surface area (Å²) in [5.74, 6) is 2.03. The summed E-state index contributed by atoms with van der Waals surface area (Å²) in [4.78, 5) is 12.5. The summed E-state index contributed by atoms with van der Waals surface area (Å²) in [6, 6.07) is 4.15. The number of rotatable bonds is 4. The average Bonchev–Trinajstić information content (AvgIpc) is 2.54. The molecule has 3 nitrogen and oxygen atoms in total. The first-order valence-corrected chi connectivity index (χ1v) is 9.88. The molecule has 2 amide bonds. The van der Waals surface area contributed by atoms with Gasteiger partial charge in [0.2, 0.25) is 0 Å². The van der Waals surface area contributed by atoms with Crippen molar-refractivity contribution in [3.05, 3.63) is 29.0 Å². The third-order valence-corrected chi connectivity index (χ3v) is 6.95. The fraction of sp³-hybridized carbons (Fsp3) is 0.650. The van der Waals surface area contributed by atoms with E-state index >= 15 is 0 Å². The number of hydrogen-bond donors (Lipinski definition) is 2. The highest BCUT2D eigenvalue weighted by Gasteiger charge is 2.54. The standard InChI is InChI=1S/C20H26ClFN2O/c1-2-18(20-9-12-5-13(10-20)7-14(6-12)11-20)24-19(25)23-17-4-3-15(21)8-16(17)22/h3-4,8,12-14,18H,2,5-7,9-11H2,1H3,(H2,23,24,25). The summed E-state index contributed by atoms with van der Waals surface area (Å²) in [7, 11) is 0. The SMILES string of the molecule is CCC(NC(=O)Nc1ccc(Cl)cc1F)C12CC3CC(CC(C3)C1)C2. The number of halogens is 2. The van der Waals surface area contributed by atoms with E-state index in [2.05, 4.69) is 17.6 Å². The Balaban J connectivity index is 1.46. The zero-order valence-corrected chi connectivity index (χ0v) is 15.4. The average molecular weight is 365 g/mol. The molecular formula is C20H26ClFN2O. The molecule has 4 fully saturated rings. The summed E-state index contributed by atoms with van der Waals surface area (Å²) in [6.07, 6.45) is 8.81. The Hall–Kier alpha value is -1.29. The summed E-state index contributed by atoms with van der Waals surface area (Å²) in [5, 5.41) is 6.14. The second kappa shape index (κ2) is 6.46. The summed E-state index contributed by atoms with van der Waals surface area (Å²) in [5.41, 5.74) is 0.418. The molecule has 0 aliphatic heterocycles. The van der Waals surface area contributed by atoms with E-state index in [-0.39, 0.29) is 23.2 Å². The summed E-state index contributed by atoms with van der Waals surface area (Å²) < 4.78 is 13.9. The van der Waals surface area contributed by atoms with Crippen LogP contribution in [0.4, 0.5) is 14.9 Å². The monoisotopic (exact) mass is 364 g/mol. The second-order valence-electron chi connectivity index (χ2n) is 8.46. The molecule has 1 aromatic carbocycles. The predicted molar refractivity (Wildman–Crippen MR) is 98.2 cm³/mol. The Morgan fingerprint density at radius 1 is 1.24 bits per heavy atom. The van der Waals surface area contributed by atoms with E-state index in [1.165, 1.54) is 50.7 Å². The minimum absolute atomic E-state index is 0.163. The van der Waals surface area contributed by atoms with Crippen LogP contribution in [0.25, 0.3) is 0 Å². The van der Waals surface area contributed by atoms with Gasteiger partial charge in [0, 0.05) is 11.1 Å². The Labute approximate surface area is 153 Å². The first-order valence-electron chi connectivity index (χ1n) is 9.50. The van der Waals surface area contributed by atoms with Crippen molar-refractivity contribution in [1.82, 2.24) is 5.32 Å². The van der Waals surface area contributed by atoms with Crippen LogP contribution >= 0.6 is 11.6 Å². The van der Waals surface area contributed by atoms with Crippen molar-refractivity contribution in [2.24, 2.45) is 23.2 Å². The second-order valence-corrected chi connectivity index (χ2v) is 8.90. The molecule has 0 spiro atoms. The molecule has 4 bridgehead atoms. The number of hydrogen-bond acceptors (Lipinski definition) is 1. The third-order valence-electron chi connectivity index (χ3n) is 6.72. The molecule has 0 radical (unpaired) electrons. The summed E-state index contributed by atoms with van der Waals surface area (Å²) >= 11 is 5.77. The lowest BCUT2D eigenvalue weighted by Crippen LogP contribution is -2.57. The van der Waals surface area contributed by atoms with Crippen molar-refractivity contribution in [1.29, 1.82) is 0 Å². The van der Waals surface area contributed by atoms with Crippen molar-refractivity contribution in [2.75, 3.05) is 5.32 Å². The van der Waals surface area contributed by atoms with E-state index in [0.29, 0.717) is 5.02 Å². The van der Waals surface area contributed by atoms with Gasteiger partial charge in [0.15, 0.2) is 0 Å². The van der Waals surface area contributed by atoms with Crippen LogP contribution in [0, 0.1) is 29.0 Å². The van der Waals surface area contributed by atoms with Gasteiger partial charge in [-0.2, -0.15) is 0 Å². The molecule has 0 aromatic heterocycles. The molecule has 0 saturated heterocycles. The number of carbonyl (C=O) groups excluding carboxylic acids is 1. The van der Waals surface area contributed by atoms with Gasteiger partial charge in [-0.3, -0.25) is 0 Å². The van der Waals surface area contributed by atoms with Crippen LogP contribution in [0.3, 0.4) is 0 Å². The minimum Gasteiger partial charge on any atom is -0.335 e. The first-order chi connectivity index (χ1) is 12.0.